The van der Waals surface area contributed by atoms with E-state index in [-0.39, 0.29) is 18.3 Å². The Morgan fingerprint density at radius 1 is 1.08 bits per heavy atom. The Bertz CT molecular complexity index is 887. The van der Waals surface area contributed by atoms with Crippen molar-refractivity contribution in [1.82, 2.24) is 25.0 Å². The molecule has 2 aromatic heterocycles. The number of piperazine rings is 1. The Balaban J connectivity index is 0.00000182. The standard InChI is InChI=1S/C18H19N5O.ClH/c1-13-15-7-8-16(18(24)22-11-9-19-10-12-22)20-17(15)23(21-13)14-5-3-2-4-6-14;/h2-8,19H,9-12H2,1H3;1H. The fraction of sp³-hybridized carbons (Fsp3) is 0.278. The number of aryl methyl sites for hydroxylation is 1. The minimum Gasteiger partial charge on any atom is -0.335 e. The third kappa shape index (κ3) is 3.23. The van der Waals surface area contributed by atoms with Gasteiger partial charge < -0.3 is 10.2 Å². The van der Waals surface area contributed by atoms with Crippen LogP contribution >= 0.6 is 12.4 Å². The van der Waals surface area contributed by atoms with E-state index in [4.69, 9.17) is 0 Å². The summed E-state index contributed by atoms with van der Waals surface area (Å²) in [6, 6.07) is 13.6. The maximum Gasteiger partial charge on any atom is 0.272 e. The number of rotatable bonds is 2. The normalized spacial score (nSPS) is 14.4. The molecule has 0 atom stereocenters. The van der Waals surface area contributed by atoms with Crippen molar-refractivity contribution in [1.29, 1.82) is 0 Å². The van der Waals surface area contributed by atoms with Crippen LogP contribution in [0.4, 0.5) is 0 Å². The number of nitrogens with one attached hydrogen (secondary N) is 1. The van der Waals surface area contributed by atoms with Crippen LogP contribution in [0.2, 0.25) is 0 Å². The fourth-order valence-corrected chi connectivity index (χ4v) is 3.04. The van der Waals surface area contributed by atoms with Crippen LogP contribution in [0.1, 0.15) is 16.2 Å². The zero-order chi connectivity index (χ0) is 16.5. The lowest BCUT2D eigenvalue weighted by Crippen LogP contribution is -2.46. The van der Waals surface area contributed by atoms with Crippen LogP contribution in [0.25, 0.3) is 16.7 Å². The number of halogens is 1. The summed E-state index contributed by atoms with van der Waals surface area (Å²) in [5.74, 6) is -0.0168. The van der Waals surface area contributed by atoms with Crippen molar-refractivity contribution in [2.45, 2.75) is 6.92 Å². The van der Waals surface area contributed by atoms with E-state index in [9.17, 15) is 4.79 Å². The molecule has 0 saturated carbocycles. The maximum atomic E-state index is 12.7. The highest BCUT2D eigenvalue weighted by atomic mass is 35.5. The van der Waals surface area contributed by atoms with Crippen molar-refractivity contribution in [2.24, 2.45) is 0 Å². The van der Waals surface area contributed by atoms with Crippen LogP contribution in [0, 0.1) is 6.92 Å². The number of carbonyl (C=O) groups is 1. The van der Waals surface area contributed by atoms with E-state index >= 15 is 0 Å². The molecule has 25 heavy (non-hydrogen) atoms. The second-order valence-electron chi connectivity index (χ2n) is 5.94. The largest absolute Gasteiger partial charge is 0.335 e. The molecule has 1 fully saturated rings. The van der Waals surface area contributed by atoms with Crippen LogP contribution in [-0.2, 0) is 0 Å². The number of hydrogen-bond acceptors (Lipinski definition) is 4. The van der Waals surface area contributed by atoms with Crippen molar-refractivity contribution in [3.63, 3.8) is 0 Å². The van der Waals surface area contributed by atoms with Gasteiger partial charge >= 0.3 is 0 Å². The molecule has 1 aliphatic rings. The fourth-order valence-electron chi connectivity index (χ4n) is 3.04. The molecule has 0 bridgehead atoms. The molecule has 0 spiro atoms. The summed E-state index contributed by atoms with van der Waals surface area (Å²) >= 11 is 0. The molecule has 1 aromatic carbocycles. The molecule has 4 rings (SSSR count). The Labute approximate surface area is 152 Å². The molecule has 1 N–H and O–H groups in total. The van der Waals surface area contributed by atoms with Crippen molar-refractivity contribution < 1.29 is 4.79 Å². The molecule has 6 nitrogen and oxygen atoms in total. The third-order valence-electron chi connectivity index (χ3n) is 4.34. The summed E-state index contributed by atoms with van der Waals surface area (Å²) in [5, 5.41) is 8.82. The van der Waals surface area contributed by atoms with Gasteiger partial charge in [0.1, 0.15) is 5.69 Å². The number of carbonyl (C=O) groups excluding carboxylic acids is 1. The minimum absolute atomic E-state index is 0. The topological polar surface area (TPSA) is 63.1 Å². The molecular weight excluding hydrogens is 338 g/mol. The summed E-state index contributed by atoms with van der Waals surface area (Å²) in [4.78, 5) is 19.2. The third-order valence-corrected chi connectivity index (χ3v) is 4.34. The molecule has 0 radical (unpaired) electrons. The number of fused-ring (bicyclic) bond motifs is 1. The second-order valence-corrected chi connectivity index (χ2v) is 5.94. The van der Waals surface area contributed by atoms with Crippen molar-refractivity contribution >= 4 is 29.3 Å². The molecule has 7 heteroatoms. The number of pyridine rings is 1. The number of aromatic nitrogens is 3. The monoisotopic (exact) mass is 357 g/mol. The SMILES string of the molecule is Cc1nn(-c2ccccc2)c2nc(C(=O)N3CCNCC3)ccc12.Cl. The summed E-state index contributed by atoms with van der Waals surface area (Å²) in [7, 11) is 0. The van der Waals surface area contributed by atoms with Gasteiger partial charge in [-0.1, -0.05) is 18.2 Å². The molecule has 3 heterocycles. The van der Waals surface area contributed by atoms with E-state index in [0.29, 0.717) is 5.69 Å². The van der Waals surface area contributed by atoms with Crippen LogP contribution in [-0.4, -0.2) is 51.8 Å². The van der Waals surface area contributed by atoms with Gasteiger partial charge in [-0.15, -0.1) is 12.4 Å². The van der Waals surface area contributed by atoms with Gasteiger partial charge in [0, 0.05) is 31.6 Å². The highest BCUT2D eigenvalue weighted by Crippen LogP contribution is 2.21. The summed E-state index contributed by atoms with van der Waals surface area (Å²) in [5.41, 5.74) is 3.04. The number of para-hydroxylation sites is 1. The Morgan fingerprint density at radius 2 is 1.80 bits per heavy atom. The number of hydrogen-bond donors (Lipinski definition) is 1. The van der Waals surface area contributed by atoms with E-state index in [0.717, 1.165) is 48.6 Å². The van der Waals surface area contributed by atoms with Crippen LogP contribution in [0.3, 0.4) is 0 Å². The van der Waals surface area contributed by atoms with Gasteiger partial charge in [-0.05, 0) is 31.2 Å². The number of benzene rings is 1. The first kappa shape index (κ1) is 17.4. The number of amides is 1. The van der Waals surface area contributed by atoms with E-state index in [1.54, 1.807) is 10.7 Å². The molecule has 1 aliphatic heterocycles. The molecule has 1 amide bonds. The first-order valence-electron chi connectivity index (χ1n) is 8.16. The predicted molar refractivity (Wildman–Crippen MR) is 99.6 cm³/mol. The van der Waals surface area contributed by atoms with Gasteiger partial charge in [0.05, 0.1) is 11.4 Å². The van der Waals surface area contributed by atoms with E-state index in [1.807, 2.05) is 48.2 Å². The average Bonchev–Trinajstić information content (AvgIpc) is 2.99. The quantitative estimate of drug-likeness (QED) is 0.763. The molecule has 3 aromatic rings. The highest BCUT2D eigenvalue weighted by molar-refractivity contribution is 5.95. The second kappa shape index (κ2) is 7.21. The summed E-state index contributed by atoms with van der Waals surface area (Å²) < 4.78 is 1.80. The summed E-state index contributed by atoms with van der Waals surface area (Å²) in [6.45, 7) is 5.05. The van der Waals surface area contributed by atoms with Crippen LogP contribution in [0.5, 0.6) is 0 Å². The summed E-state index contributed by atoms with van der Waals surface area (Å²) in [6.07, 6.45) is 0. The van der Waals surface area contributed by atoms with E-state index < -0.39 is 0 Å². The molecule has 0 aliphatic carbocycles. The van der Waals surface area contributed by atoms with Gasteiger partial charge in [-0.2, -0.15) is 5.10 Å². The zero-order valence-electron chi connectivity index (χ0n) is 14.0. The lowest BCUT2D eigenvalue weighted by Gasteiger charge is -2.27. The molecule has 130 valence electrons. The van der Waals surface area contributed by atoms with Crippen molar-refractivity contribution in [2.75, 3.05) is 26.2 Å². The molecular formula is C18H20ClN5O. The van der Waals surface area contributed by atoms with Gasteiger partial charge in [0.15, 0.2) is 5.65 Å². The van der Waals surface area contributed by atoms with Crippen LogP contribution in [0.15, 0.2) is 42.5 Å². The van der Waals surface area contributed by atoms with Gasteiger partial charge in [0.25, 0.3) is 5.91 Å². The Kier molecular flexibility index (Phi) is 5.01. The lowest BCUT2D eigenvalue weighted by atomic mass is 10.2. The van der Waals surface area contributed by atoms with E-state index in [2.05, 4.69) is 15.4 Å². The van der Waals surface area contributed by atoms with Gasteiger partial charge in [0.2, 0.25) is 0 Å². The van der Waals surface area contributed by atoms with Crippen molar-refractivity contribution in [3.8, 4) is 5.69 Å². The Morgan fingerprint density at radius 3 is 2.52 bits per heavy atom. The molecule has 0 unspecified atom stereocenters. The Hall–Kier alpha value is -2.44. The zero-order valence-corrected chi connectivity index (χ0v) is 14.8. The van der Waals surface area contributed by atoms with Crippen LogP contribution < -0.4 is 5.32 Å². The smallest absolute Gasteiger partial charge is 0.272 e. The van der Waals surface area contributed by atoms with Gasteiger partial charge in [-0.3, -0.25) is 4.79 Å². The lowest BCUT2D eigenvalue weighted by molar-refractivity contribution is 0.0730. The molecule has 1 saturated heterocycles. The van der Waals surface area contributed by atoms with E-state index in [1.165, 1.54) is 0 Å². The predicted octanol–water partition coefficient (Wildman–Crippen LogP) is 2.20. The number of nitrogens with zero attached hydrogens (tertiary/aromatic N) is 4. The van der Waals surface area contributed by atoms with Gasteiger partial charge in [-0.25, -0.2) is 9.67 Å². The first-order valence-corrected chi connectivity index (χ1v) is 8.16. The minimum atomic E-state index is -0.0168. The highest BCUT2D eigenvalue weighted by Gasteiger charge is 2.20. The van der Waals surface area contributed by atoms with Crippen molar-refractivity contribution in [3.05, 3.63) is 53.9 Å². The first-order chi connectivity index (χ1) is 11.7. The maximum absolute atomic E-state index is 12.7. The average molecular weight is 358 g/mol.